The highest BCUT2D eigenvalue weighted by atomic mass is 32.2. The number of rotatable bonds is 3. The van der Waals surface area contributed by atoms with Crippen LogP contribution in [0.4, 0.5) is 19.0 Å². The predicted molar refractivity (Wildman–Crippen MR) is 65.8 cm³/mol. The first-order valence-corrected chi connectivity index (χ1v) is 7.63. The molecule has 1 aromatic rings. The first kappa shape index (κ1) is 15.0. The lowest BCUT2D eigenvalue weighted by Crippen LogP contribution is -2.25. The van der Waals surface area contributed by atoms with E-state index < -0.39 is 28.0 Å². The van der Waals surface area contributed by atoms with Crippen molar-refractivity contribution < 1.29 is 25.8 Å². The van der Waals surface area contributed by atoms with Gasteiger partial charge in [-0.15, -0.1) is 0 Å². The molecule has 112 valence electrons. The third-order valence-electron chi connectivity index (χ3n) is 2.86. The van der Waals surface area contributed by atoms with Crippen LogP contribution in [0.2, 0.25) is 0 Å². The summed E-state index contributed by atoms with van der Waals surface area (Å²) < 4.78 is 64.1. The Kier molecular flexibility index (Phi) is 3.92. The molecule has 0 bridgehead atoms. The Labute approximate surface area is 114 Å². The van der Waals surface area contributed by atoms with Crippen LogP contribution in [0, 0.1) is 0 Å². The molecule has 0 radical (unpaired) electrons. The van der Waals surface area contributed by atoms with E-state index in [9.17, 15) is 21.6 Å². The lowest BCUT2D eigenvalue weighted by molar-refractivity contribution is -0.137. The third kappa shape index (κ3) is 3.83. The molecule has 0 spiro atoms. The highest BCUT2D eigenvalue weighted by molar-refractivity contribution is 7.86. The molecule has 1 aliphatic heterocycles. The van der Waals surface area contributed by atoms with E-state index in [0.717, 1.165) is 18.5 Å². The fraction of sp³-hybridized carbons (Fsp3) is 0.545. The first-order valence-electron chi connectivity index (χ1n) is 5.81. The Bertz CT molecular complexity index is 572. The number of pyridine rings is 1. The molecule has 0 aliphatic carbocycles. The summed E-state index contributed by atoms with van der Waals surface area (Å²) in [6.07, 6.45) is -2.70. The standard InChI is InChI=1S/C11H13F3N2O3S/c1-20(17,18)19-9-4-5-16(7-9)10-3-2-8(6-15-10)11(12,13)14/h2-3,6,9H,4-5,7H2,1H3/t9-/m1/s1. The fourth-order valence-electron chi connectivity index (χ4n) is 2.00. The summed E-state index contributed by atoms with van der Waals surface area (Å²) in [7, 11) is -3.54. The second-order valence-corrected chi connectivity index (χ2v) is 6.16. The largest absolute Gasteiger partial charge is 0.417 e. The van der Waals surface area contributed by atoms with Crippen molar-refractivity contribution in [1.82, 2.24) is 4.98 Å². The molecule has 0 saturated carbocycles. The van der Waals surface area contributed by atoms with E-state index in [2.05, 4.69) is 4.98 Å². The van der Waals surface area contributed by atoms with Gasteiger partial charge in [0, 0.05) is 19.3 Å². The number of anilines is 1. The molecule has 9 heteroatoms. The minimum absolute atomic E-state index is 0.283. The molecule has 2 rings (SSSR count). The van der Waals surface area contributed by atoms with Gasteiger partial charge >= 0.3 is 6.18 Å². The summed E-state index contributed by atoms with van der Waals surface area (Å²) in [6.45, 7) is 0.768. The SMILES string of the molecule is CS(=O)(=O)O[C@@H]1CCN(c2ccc(C(F)(F)F)cn2)C1. The quantitative estimate of drug-likeness (QED) is 0.795. The molecule has 1 saturated heterocycles. The van der Waals surface area contributed by atoms with Crippen LogP contribution in [-0.4, -0.2) is 38.9 Å². The summed E-state index contributed by atoms with van der Waals surface area (Å²) in [5.41, 5.74) is -0.815. The molecular weight excluding hydrogens is 297 g/mol. The fourth-order valence-corrected chi connectivity index (χ4v) is 2.65. The second kappa shape index (κ2) is 5.21. The highest BCUT2D eigenvalue weighted by Gasteiger charge is 2.32. The van der Waals surface area contributed by atoms with Crippen LogP contribution >= 0.6 is 0 Å². The van der Waals surface area contributed by atoms with Crippen molar-refractivity contribution in [2.24, 2.45) is 0 Å². The van der Waals surface area contributed by atoms with Crippen molar-refractivity contribution in [2.75, 3.05) is 24.2 Å². The van der Waals surface area contributed by atoms with E-state index in [-0.39, 0.29) is 6.54 Å². The van der Waals surface area contributed by atoms with Gasteiger partial charge in [-0.1, -0.05) is 0 Å². The maximum Gasteiger partial charge on any atom is 0.417 e. The third-order valence-corrected chi connectivity index (χ3v) is 3.48. The second-order valence-electron chi connectivity index (χ2n) is 4.56. The summed E-state index contributed by atoms with van der Waals surface area (Å²) in [6, 6.07) is 2.22. The van der Waals surface area contributed by atoms with Crippen molar-refractivity contribution >= 4 is 15.9 Å². The van der Waals surface area contributed by atoms with Crippen molar-refractivity contribution in [3.05, 3.63) is 23.9 Å². The Morgan fingerprint density at radius 2 is 2.10 bits per heavy atom. The zero-order valence-electron chi connectivity index (χ0n) is 10.6. The first-order chi connectivity index (χ1) is 9.15. The van der Waals surface area contributed by atoms with E-state index in [1.807, 2.05) is 0 Å². The molecule has 1 atom stereocenters. The maximum absolute atomic E-state index is 12.4. The van der Waals surface area contributed by atoms with E-state index in [0.29, 0.717) is 18.8 Å². The molecule has 1 aliphatic rings. The Balaban J connectivity index is 2.04. The van der Waals surface area contributed by atoms with Gasteiger partial charge < -0.3 is 4.90 Å². The molecule has 2 heterocycles. The van der Waals surface area contributed by atoms with Crippen molar-refractivity contribution in [3.8, 4) is 0 Å². The molecular formula is C11H13F3N2O3S. The van der Waals surface area contributed by atoms with Crippen molar-refractivity contribution in [3.63, 3.8) is 0 Å². The van der Waals surface area contributed by atoms with Gasteiger partial charge in [0.1, 0.15) is 5.82 Å². The highest BCUT2D eigenvalue weighted by Crippen LogP contribution is 2.30. The van der Waals surface area contributed by atoms with Crippen LogP contribution in [-0.2, 0) is 20.5 Å². The van der Waals surface area contributed by atoms with Crippen LogP contribution < -0.4 is 4.90 Å². The molecule has 20 heavy (non-hydrogen) atoms. The number of hydrogen-bond acceptors (Lipinski definition) is 5. The molecule has 1 fully saturated rings. The van der Waals surface area contributed by atoms with Crippen molar-refractivity contribution in [1.29, 1.82) is 0 Å². The summed E-state index contributed by atoms with van der Waals surface area (Å²) >= 11 is 0. The topological polar surface area (TPSA) is 59.5 Å². The molecule has 0 amide bonds. The molecule has 5 nitrogen and oxygen atoms in total. The smallest absolute Gasteiger partial charge is 0.354 e. The Hall–Kier alpha value is -1.35. The van der Waals surface area contributed by atoms with E-state index in [1.54, 1.807) is 4.90 Å². The van der Waals surface area contributed by atoms with Crippen LogP contribution in [0.3, 0.4) is 0 Å². The van der Waals surface area contributed by atoms with E-state index in [4.69, 9.17) is 4.18 Å². The molecule has 0 N–H and O–H groups in total. The van der Waals surface area contributed by atoms with Crippen LogP contribution in [0.1, 0.15) is 12.0 Å². The van der Waals surface area contributed by atoms with Gasteiger partial charge in [-0.3, -0.25) is 4.18 Å². The molecule has 1 aromatic heterocycles. The molecule has 0 unspecified atom stereocenters. The summed E-state index contributed by atoms with van der Waals surface area (Å²) in [5.74, 6) is 0.373. The van der Waals surface area contributed by atoms with Gasteiger partial charge in [-0.25, -0.2) is 4.98 Å². The average molecular weight is 310 g/mol. The average Bonchev–Trinajstić information content (AvgIpc) is 2.74. The van der Waals surface area contributed by atoms with Crippen LogP contribution in [0.15, 0.2) is 18.3 Å². The Morgan fingerprint density at radius 3 is 2.60 bits per heavy atom. The maximum atomic E-state index is 12.4. The van der Waals surface area contributed by atoms with Crippen LogP contribution in [0.5, 0.6) is 0 Å². The van der Waals surface area contributed by atoms with E-state index in [1.165, 1.54) is 6.07 Å². The van der Waals surface area contributed by atoms with Crippen LogP contribution in [0.25, 0.3) is 0 Å². The summed E-state index contributed by atoms with van der Waals surface area (Å²) in [5, 5.41) is 0. The minimum Gasteiger partial charge on any atom is -0.354 e. The molecule has 0 aromatic carbocycles. The normalized spacial score (nSPS) is 20.4. The van der Waals surface area contributed by atoms with Gasteiger partial charge in [0.05, 0.1) is 17.9 Å². The predicted octanol–water partition coefficient (Wildman–Crippen LogP) is 1.66. The minimum atomic E-state index is -4.42. The van der Waals surface area contributed by atoms with Gasteiger partial charge in [-0.05, 0) is 18.6 Å². The van der Waals surface area contributed by atoms with Gasteiger partial charge in [0.2, 0.25) is 0 Å². The lowest BCUT2D eigenvalue weighted by Gasteiger charge is -2.17. The van der Waals surface area contributed by atoms with Gasteiger partial charge in [0.15, 0.2) is 0 Å². The van der Waals surface area contributed by atoms with E-state index >= 15 is 0 Å². The number of nitrogens with zero attached hydrogens (tertiary/aromatic N) is 2. The van der Waals surface area contributed by atoms with Gasteiger partial charge in [0.25, 0.3) is 10.1 Å². The lowest BCUT2D eigenvalue weighted by atomic mass is 10.3. The van der Waals surface area contributed by atoms with Gasteiger partial charge in [-0.2, -0.15) is 21.6 Å². The number of hydrogen-bond donors (Lipinski definition) is 0. The number of aromatic nitrogens is 1. The number of halogens is 3. The van der Waals surface area contributed by atoms with Crippen molar-refractivity contribution in [2.45, 2.75) is 18.7 Å². The number of alkyl halides is 3. The zero-order chi connectivity index (χ0) is 15.0. The zero-order valence-corrected chi connectivity index (χ0v) is 11.4. The summed E-state index contributed by atoms with van der Waals surface area (Å²) in [4.78, 5) is 5.45. The monoisotopic (exact) mass is 310 g/mol. The Morgan fingerprint density at radius 1 is 1.40 bits per heavy atom.